The van der Waals surface area contributed by atoms with Crippen molar-refractivity contribution in [1.82, 2.24) is 5.32 Å². The number of rotatable bonds is 8. The molecule has 1 saturated carbocycles. The molecule has 1 aliphatic rings. The molecule has 1 N–H and O–H groups in total. The van der Waals surface area contributed by atoms with Gasteiger partial charge in [-0.1, -0.05) is 33.6 Å². The fourth-order valence-electron chi connectivity index (χ4n) is 2.30. The summed E-state index contributed by atoms with van der Waals surface area (Å²) in [7, 11) is 1.47. The van der Waals surface area contributed by atoms with E-state index in [0.29, 0.717) is 11.3 Å². The molecule has 1 aliphatic carbocycles. The van der Waals surface area contributed by atoms with Crippen LogP contribution in [-0.4, -0.2) is 25.7 Å². The van der Waals surface area contributed by atoms with Gasteiger partial charge in [0, 0.05) is 6.54 Å². The monoisotopic (exact) mass is 241 g/mol. The van der Waals surface area contributed by atoms with Crippen molar-refractivity contribution in [2.24, 2.45) is 11.3 Å². The number of unbranched alkanes of at least 4 members (excludes halogenated alkanes) is 1. The van der Waals surface area contributed by atoms with Crippen LogP contribution in [0, 0.1) is 11.3 Å². The summed E-state index contributed by atoms with van der Waals surface area (Å²) in [6.07, 6.45) is 5.65. The predicted molar refractivity (Wildman–Crippen MR) is 69.8 cm³/mol. The lowest BCUT2D eigenvalue weighted by atomic mass is 9.92. The highest BCUT2D eigenvalue weighted by Crippen LogP contribution is 2.51. The molecule has 0 aliphatic heterocycles. The maximum atomic E-state index is 11.6. The molecule has 3 nitrogen and oxygen atoms in total. The Labute approximate surface area is 105 Å². The van der Waals surface area contributed by atoms with Gasteiger partial charge in [-0.25, -0.2) is 0 Å². The van der Waals surface area contributed by atoms with Crippen LogP contribution in [0.15, 0.2) is 0 Å². The Morgan fingerprint density at radius 3 is 2.47 bits per heavy atom. The number of hydrogen-bond acceptors (Lipinski definition) is 3. The molecule has 1 rings (SSSR count). The number of esters is 1. The van der Waals surface area contributed by atoms with Crippen LogP contribution in [0.5, 0.6) is 0 Å². The Balaban J connectivity index is 2.41. The third-order valence-corrected chi connectivity index (χ3v) is 4.15. The molecule has 0 aromatic carbocycles. The van der Waals surface area contributed by atoms with Crippen molar-refractivity contribution in [3.05, 3.63) is 0 Å². The van der Waals surface area contributed by atoms with Gasteiger partial charge in [0.05, 0.1) is 7.11 Å². The second kappa shape index (κ2) is 6.39. The molecular weight excluding hydrogens is 214 g/mol. The Morgan fingerprint density at radius 1 is 1.41 bits per heavy atom. The van der Waals surface area contributed by atoms with E-state index < -0.39 is 0 Å². The van der Waals surface area contributed by atoms with E-state index in [2.05, 4.69) is 26.1 Å². The summed E-state index contributed by atoms with van der Waals surface area (Å²) in [5.41, 5.74) is 0.443. The van der Waals surface area contributed by atoms with Crippen molar-refractivity contribution < 1.29 is 9.53 Å². The number of methoxy groups -OCH3 is 1. The van der Waals surface area contributed by atoms with Crippen LogP contribution in [0.1, 0.15) is 52.9 Å². The van der Waals surface area contributed by atoms with Crippen LogP contribution in [-0.2, 0) is 9.53 Å². The minimum atomic E-state index is -0.115. The van der Waals surface area contributed by atoms with Gasteiger partial charge in [-0.3, -0.25) is 4.79 Å². The van der Waals surface area contributed by atoms with E-state index in [1.54, 1.807) is 0 Å². The van der Waals surface area contributed by atoms with Gasteiger partial charge in [-0.15, -0.1) is 0 Å². The van der Waals surface area contributed by atoms with Gasteiger partial charge in [-0.2, -0.15) is 0 Å². The van der Waals surface area contributed by atoms with Gasteiger partial charge < -0.3 is 10.1 Å². The Hall–Kier alpha value is -0.570. The van der Waals surface area contributed by atoms with Crippen molar-refractivity contribution in [1.29, 1.82) is 0 Å². The third kappa shape index (κ3) is 3.98. The number of ether oxygens (including phenoxy) is 1. The molecule has 0 radical (unpaired) electrons. The molecule has 0 bridgehead atoms. The zero-order valence-corrected chi connectivity index (χ0v) is 11.7. The maximum Gasteiger partial charge on any atom is 0.322 e. The summed E-state index contributed by atoms with van der Waals surface area (Å²) >= 11 is 0. The van der Waals surface area contributed by atoms with E-state index in [-0.39, 0.29) is 12.0 Å². The number of carbonyl (C=O) groups excluding carboxylic acids is 1. The quantitative estimate of drug-likeness (QED) is 0.664. The lowest BCUT2D eigenvalue weighted by Crippen LogP contribution is -2.41. The van der Waals surface area contributed by atoms with E-state index >= 15 is 0 Å². The van der Waals surface area contributed by atoms with E-state index in [9.17, 15) is 4.79 Å². The SMILES string of the molecule is CCCCC(NCC1(C(C)C)CC1)C(=O)OC. The first-order valence-corrected chi connectivity index (χ1v) is 6.87. The zero-order valence-electron chi connectivity index (χ0n) is 11.7. The van der Waals surface area contributed by atoms with E-state index in [1.807, 2.05) is 0 Å². The molecule has 0 aromatic heterocycles. The Kier molecular flexibility index (Phi) is 5.44. The number of hydrogen-bond donors (Lipinski definition) is 1. The number of nitrogens with one attached hydrogen (secondary N) is 1. The van der Waals surface area contributed by atoms with Crippen LogP contribution in [0.3, 0.4) is 0 Å². The molecule has 0 amide bonds. The molecule has 1 unspecified atom stereocenters. The van der Waals surface area contributed by atoms with Gasteiger partial charge in [0.1, 0.15) is 6.04 Å². The summed E-state index contributed by atoms with van der Waals surface area (Å²) in [5, 5.41) is 3.41. The van der Waals surface area contributed by atoms with E-state index in [0.717, 1.165) is 25.8 Å². The summed E-state index contributed by atoms with van der Waals surface area (Å²) in [6, 6.07) is -0.115. The molecule has 17 heavy (non-hydrogen) atoms. The van der Waals surface area contributed by atoms with Crippen molar-refractivity contribution in [2.45, 2.75) is 58.9 Å². The van der Waals surface area contributed by atoms with Crippen LogP contribution in [0.4, 0.5) is 0 Å². The van der Waals surface area contributed by atoms with Gasteiger partial charge >= 0.3 is 5.97 Å². The van der Waals surface area contributed by atoms with Gasteiger partial charge in [0.25, 0.3) is 0 Å². The van der Waals surface area contributed by atoms with Crippen molar-refractivity contribution in [3.63, 3.8) is 0 Å². The number of carbonyl (C=O) groups is 1. The standard InChI is InChI=1S/C14H27NO2/c1-5-6-7-12(13(16)17-4)15-10-14(8-9-14)11(2)3/h11-12,15H,5-10H2,1-4H3. The maximum absolute atomic E-state index is 11.6. The lowest BCUT2D eigenvalue weighted by molar-refractivity contribution is -0.143. The van der Waals surface area contributed by atoms with Gasteiger partial charge in [-0.05, 0) is 30.6 Å². The van der Waals surface area contributed by atoms with Crippen LogP contribution in [0.2, 0.25) is 0 Å². The predicted octanol–water partition coefficient (Wildman–Crippen LogP) is 2.74. The third-order valence-electron chi connectivity index (χ3n) is 4.15. The van der Waals surface area contributed by atoms with Crippen molar-refractivity contribution >= 4 is 5.97 Å². The van der Waals surface area contributed by atoms with Crippen LogP contribution < -0.4 is 5.32 Å². The highest BCUT2D eigenvalue weighted by atomic mass is 16.5. The van der Waals surface area contributed by atoms with Gasteiger partial charge in [0.15, 0.2) is 0 Å². The molecule has 100 valence electrons. The topological polar surface area (TPSA) is 38.3 Å². The first-order chi connectivity index (χ1) is 8.05. The minimum Gasteiger partial charge on any atom is -0.468 e. The normalized spacial score (nSPS) is 19.1. The smallest absolute Gasteiger partial charge is 0.322 e. The summed E-state index contributed by atoms with van der Waals surface area (Å²) < 4.78 is 4.85. The zero-order chi connectivity index (χ0) is 12.9. The van der Waals surface area contributed by atoms with E-state index in [1.165, 1.54) is 20.0 Å². The highest BCUT2D eigenvalue weighted by Gasteiger charge is 2.45. The fourth-order valence-corrected chi connectivity index (χ4v) is 2.30. The van der Waals surface area contributed by atoms with Crippen LogP contribution in [0.25, 0.3) is 0 Å². The molecular formula is C14H27NO2. The first-order valence-electron chi connectivity index (χ1n) is 6.87. The molecule has 0 saturated heterocycles. The van der Waals surface area contributed by atoms with Gasteiger partial charge in [0.2, 0.25) is 0 Å². The highest BCUT2D eigenvalue weighted by molar-refractivity contribution is 5.75. The molecule has 0 spiro atoms. The lowest BCUT2D eigenvalue weighted by Gasteiger charge is -2.23. The molecule has 0 aromatic rings. The van der Waals surface area contributed by atoms with Crippen LogP contribution >= 0.6 is 0 Å². The largest absolute Gasteiger partial charge is 0.468 e. The molecule has 3 heteroatoms. The fraction of sp³-hybridized carbons (Fsp3) is 0.929. The second-order valence-electron chi connectivity index (χ2n) is 5.62. The van der Waals surface area contributed by atoms with Crippen molar-refractivity contribution in [3.8, 4) is 0 Å². The molecule has 1 atom stereocenters. The average Bonchev–Trinajstić information content (AvgIpc) is 3.09. The molecule has 1 fully saturated rings. The summed E-state index contributed by atoms with van der Waals surface area (Å²) in [6.45, 7) is 7.64. The average molecular weight is 241 g/mol. The van der Waals surface area contributed by atoms with E-state index in [4.69, 9.17) is 4.74 Å². The molecule has 0 heterocycles. The summed E-state index contributed by atoms with van der Waals surface area (Å²) in [4.78, 5) is 11.6. The first kappa shape index (κ1) is 14.5. The Morgan fingerprint density at radius 2 is 2.06 bits per heavy atom. The Bertz CT molecular complexity index is 247. The van der Waals surface area contributed by atoms with Crippen molar-refractivity contribution in [2.75, 3.05) is 13.7 Å². The summed E-state index contributed by atoms with van der Waals surface area (Å²) in [5.74, 6) is 0.581. The second-order valence-corrected chi connectivity index (χ2v) is 5.62. The minimum absolute atomic E-state index is 0.113.